The highest BCUT2D eigenvalue weighted by atomic mass is 16.5. The molecule has 3 heteroatoms. The van der Waals surface area contributed by atoms with E-state index >= 15 is 0 Å². The fourth-order valence-electron chi connectivity index (χ4n) is 1.08. The topological polar surface area (TPSA) is 46.5 Å². The van der Waals surface area contributed by atoms with E-state index in [1.54, 1.807) is 0 Å². The van der Waals surface area contributed by atoms with Gasteiger partial charge in [-0.05, 0) is 18.6 Å². The standard InChI is InChI=1S/C12H14O3/c1-10(7-8-12(13)14)15-9-11-5-3-2-4-6-11/h2-8,10H,9H2,1H3,(H,13,14)/b8-7+. The second kappa shape index (κ2) is 5.98. The highest BCUT2D eigenvalue weighted by Gasteiger charge is 1.98. The van der Waals surface area contributed by atoms with E-state index in [2.05, 4.69) is 0 Å². The van der Waals surface area contributed by atoms with Crippen molar-refractivity contribution in [2.75, 3.05) is 0 Å². The maximum atomic E-state index is 10.2. The normalized spacial score (nSPS) is 12.9. The van der Waals surface area contributed by atoms with Crippen LogP contribution >= 0.6 is 0 Å². The lowest BCUT2D eigenvalue weighted by Crippen LogP contribution is -2.05. The zero-order valence-corrected chi connectivity index (χ0v) is 8.59. The van der Waals surface area contributed by atoms with E-state index in [4.69, 9.17) is 9.84 Å². The summed E-state index contributed by atoms with van der Waals surface area (Å²) in [5.74, 6) is -0.954. The third kappa shape index (κ3) is 4.98. The highest BCUT2D eigenvalue weighted by Crippen LogP contribution is 2.03. The summed E-state index contributed by atoms with van der Waals surface area (Å²) in [6.45, 7) is 2.30. The van der Waals surface area contributed by atoms with E-state index in [-0.39, 0.29) is 6.10 Å². The van der Waals surface area contributed by atoms with Crippen LogP contribution in [0.15, 0.2) is 42.5 Å². The summed E-state index contributed by atoms with van der Waals surface area (Å²) < 4.78 is 5.43. The SMILES string of the molecule is CC(/C=C/C(=O)O)OCc1ccccc1. The van der Waals surface area contributed by atoms with Gasteiger partial charge in [-0.1, -0.05) is 30.3 Å². The van der Waals surface area contributed by atoms with Gasteiger partial charge in [0.2, 0.25) is 0 Å². The fourth-order valence-corrected chi connectivity index (χ4v) is 1.08. The monoisotopic (exact) mass is 206 g/mol. The molecule has 0 saturated heterocycles. The van der Waals surface area contributed by atoms with Crippen molar-refractivity contribution in [3.63, 3.8) is 0 Å². The molecule has 80 valence electrons. The number of aliphatic carboxylic acids is 1. The molecule has 0 bridgehead atoms. The molecule has 0 aliphatic rings. The molecule has 0 aliphatic carbocycles. The lowest BCUT2D eigenvalue weighted by Gasteiger charge is -2.08. The zero-order valence-electron chi connectivity index (χ0n) is 8.59. The Morgan fingerprint density at radius 1 is 1.47 bits per heavy atom. The third-order valence-electron chi connectivity index (χ3n) is 1.87. The van der Waals surface area contributed by atoms with Crippen molar-refractivity contribution in [2.24, 2.45) is 0 Å². The maximum absolute atomic E-state index is 10.2. The third-order valence-corrected chi connectivity index (χ3v) is 1.87. The van der Waals surface area contributed by atoms with Crippen molar-refractivity contribution in [3.8, 4) is 0 Å². The summed E-state index contributed by atoms with van der Waals surface area (Å²) in [6.07, 6.45) is 2.42. The lowest BCUT2D eigenvalue weighted by molar-refractivity contribution is -0.131. The lowest BCUT2D eigenvalue weighted by atomic mass is 10.2. The first-order valence-corrected chi connectivity index (χ1v) is 4.75. The number of hydrogen-bond acceptors (Lipinski definition) is 2. The van der Waals surface area contributed by atoms with Crippen molar-refractivity contribution in [2.45, 2.75) is 19.6 Å². The van der Waals surface area contributed by atoms with Gasteiger partial charge >= 0.3 is 5.97 Å². The summed E-state index contributed by atoms with van der Waals surface area (Å²) in [4.78, 5) is 10.2. The molecule has 1 aromatic carbocycles. The molecule has 0 heterocycles. The molecule has 1 N–H and O–H groups in total. The summed E-state index contributed by atoms with van der Waals surface area (Å²) >= 11 is 0. The van der Waals surface area contributed by atoms with Crippen molar-refractivity contribution in [1.82, 2.24) is 0 Å². The Morgan fingerprint density at radius 2 is 2.13 bits per heavy atom. The van der Waals surface area contributed by atoms with E-state index < -0.39 is 5.97 Å². The van der Waals surface area contributed by atoms with Gasteiger partial charge < -0.3 is 9.84 Å². The minimum atomic E-state index is -0.954. The van der Waals surface area contributed by atoms with Gasteiger partial charge in [0.05, 0.1) is 12.7 Å². The quantitative estimate of drug-likeness (QED) is 0.751. The summed E-state index contributed by atoms with van der Waals surface area (Å²) in [5, 5.41) is 8.41. The van der Waals surface area contributed by atoms with Crippen LogP contribution in [0.4, 0.5) is 0 Å². The Kier molecular flexibility index (Phi) is 4.57. The first-order valence-electron chi connectivity index (χ1n) is 4.75. The average molecular weight is 206 g/mol. The second-order valence-corrected chi connectivity index (χ2v) is 3.20. The van der Waals surface area contributed by atoms with Gasteiger partial charge in [0.1, 0.15) is 0 Å². The molecule has 0 radical (unpaired) electrons. The number of ether oxygens (including phenoxy) is 1. The van der Waals surface area contributed by atoms with Gasteiger partial charge in [-0.2, -0.15) is 0 Å². The van der Waals surface area contributed by atoms with E-state index in [0.29, 0.717) is 6.61 Å². The minimum absolute atomic E-state index is 0.193. The van der Waals surface area contributed by atoms with Crippen LogP contribution in [0.2, 0.25) is 0 Å². The Hall–Kier alpha value is -1.61. The van der Waals surface area contributed by atoms with Gasteiger partial charge in [-0.3, -0.25) is 0 Å². The zero-order chi connectivity index (χ0) is 11.1. The number of carbonyl (C=O) groups is 1. The van der Waals surface area contributed by atoms with Crippen LogP contribution in [-0.4, -0.2) is 17.2 Å². The Bertz CT molecular complexity index is 330. The predicted octanol–water partition coefficient (Wildman–Crippen LogP) is 2.23. The van der Waals surface area contributed by atoms with Crippen LogP contribution in [0.3, 0.4) is 0 Å². The summed E-state index contributed by atoms with van der Waals surface area (Å²) in [5.41, 5.74) is 1.08. The van der Waals surface area contributed by atoms with Gasteiger partial charge in [0, 0.05) is 6.08 Å². The molecule has 1 aromatic rings. The minimum Gasteiger partial charge on any atom is -0.478 e. The van der Waals surface area contributed by atoms with Gasteiger partial charge in [-0.15, -0.1) is 0 Å². The van der Waals surface area contributed by atoms with E-state index in [9.17, 15) is 4.79 Å². The van der Waals surface area contributed by atoms with Crippen LogP contribution < -0.4 is 0 Å². The molecule has 0 amide bonds. The molecular formula is C12H14O3. The summed E-state index contributed by atoms with van der Waals surface area (Å²) in [6, 6.07) is 9.76. The molecule has 1 atom stereocenters. The molecule has 0 fully saturated rings. The molecule has 0 aliphatic heterocycles. The molecule has 0 saturated carbocycles. The number of benzene rings is 1. The largest absolute Gasteiger partial charge is 0.478 e. The Labute approximate surface area is 89.0 Å². The van der Waals surface area contributed by atoms with E-state index in [1.807, 2.05) is 37.3 Å². The van der Waals surface area contributed by atoms with E-state index in [0.717, 1.165) is 11.6 Å². The van der Waals surface area contributed by atoms with Crippen molar-refractivity contribution in [3.05, 3.63) is 48.0 Å². The average Bonchev–Trinajstić information content (AvgIpc) is 2.25. The van der Waals surface area contributed by atoms with Crippen LogP contribution in [0.1, 0.15) is 12.5 Å². The maximum Gasteiger partial charge on any atom is 0.328 e. The molecule has 1 unspecified atom stereocenters. The first-order chi connectivity index (χ1) is 7.18. The van der Waals surface area contributed by atoms with Crippen LogP contribution in [0.5, 0.6) is 0 Å². The van der Waals surface area contributed by atoms with Crippen LogP contribution in [0, 0.1) is 0 Å². The predicted molar refractivity (Wildman–Crippen MR) is 57.5 cm³/mol. The molecule has 0 spiro atoms. The molecule has 15 heavy (non-hydrogen) atoms. The smallest absolute Gasteiger partial charge is 0.328 e. The Balaban J connectivity index is 2.34. The van der Waals surface area contributed by atoms with Gasteiger partial charge in [0.15, 0.2) is 0 Å². The van der Waals surface area contributed by atoms with Gasteiger partial charge in [0.25, 0.3) is 0 Å². The molecule has 1 rings (SSSR count). The fraction of sp³-hybridized carbons (Fsp3) is 0.250. The number of rotatable bonds is 5. The number of hydrogen-bond donors (Lipinski definition) is 1. The molecular weight excluding hydrogens is 192 g/mol. The molecule has 0 aromatic heterocycles. The number of carboxylic acid groups (broad SMARTS) is 1. The van der Waals surface area contributed by atoms with Crippen molar-refractivity contribution >= 4 is 5.97 Å². The van der Waals surface area contributed by atoms with E-state index in [1.165, 1.54) is 6.08 Å². The van der Waals surface area contributed by atoms with Gasteiger partial charge in [-0.25, -0.2) is 4.79 Å². The van der Waals surface area contributed by atoms with Crippen LogP contribution in [0.25, 0.3) is 0 Å². The highest BCUT2D eigenvalue weighted by molar-refractivity contribution is 5.79. The van der Waals surface area contributed by atoms with Crippen LogP contribution in [-0.2, 0) is 16.1 Å². The first kappa shape index (κ1) is 11.5. The molecule has 3 nitrogen and oxygen atoms in total. The van der Waals surface area contributed by atoms with Crippen molar-refractivity contribution < 1.29 is 14.6 Å². The second-order valence-electron chi connectivity index (χ2n) is 3.20. The summed E-state index contributed by atoms with van der Waals surface area (Å²) in [7, 11) is 0. The van der Waals surface area contributed by atoms with Crippen molar-refractivity contribution in [1.29, 1.82) is 0 Å². The number of carboxylic acids is 1. The Morgan fingerprint density at radius 3 is 2.73 bits per heavy atom.